The molecule has 0 aliphatic rings. The van der Waals surface area contributed by atoms with Crippen molar-refractivity contribution < 1.29 is 23.9 Å². The second kappa shape index (κ2) is 14.6. The van der Waals surface area contributed by atoms with Gasteiger partial charge >= 0.3 is 0 Å². The molecule has 0 radical (unpaired) electrons. The second-order valence-electron chi connectivity index (χ2n) is 10.7. The number of amides is 3. The number of anilines is 1. The number of nitrogens with two attached hydrogens (primary N) is 1. The van der Waals surface area contributed by atoms with Gasteiger partial charge < -0.3 is 25.9 Å². The van der Waals surface area contributed by atoms with Crippen LogP contribution in [-0.4, -0.2) is 70.6 Å². The number of ether oxygens (including phenoxy) is 2. The van der Waals surface area contributed by atoms with E-state index < -0.39 is 11.8 Å². The minimum atomic E-state index is -0.638. The minimum absolute atomic E-state index is 0.166. The minimum Gasteiger partial charge on any atom is -0.491 e. The number of aromatic nitrogens is 4. The number of nitrogens with zero attached hydrogens (tertiary/aromatic N) is 4. The van der Waals surface area contributed by atoms with Crippen LogP contribution in [0.3, 0.4) is 0 Å². The van der Waals surface area contributed by atoms with Gasteiger partial charge in [-0.1, -0.05) is 30.3 Å². The lowest BCUT2D eigenvalue weighted by Crippen LogP contribution is -2.28. The van der Waals surface area contributed by atoms with Crippen LogP contribution in [0.15, 0.2) is 60.7 Å². The first-order chi connectivity index (χ1) is 22.3. The summed E-state index contributed by atoms with van der Waals surface area (Å²) >= 11 is 0. The van der Waals surface area contributed by atoms with E-state index in [1.165, 1.54) is 0 Å². The van der Waals surface area contributed by atoms with E-state index >= 15 is 0 Å². The van der Waals surface area contributed by atoms with Gasteiger partial charge in [0.25, 0.3) is 11.8 Å². The SMILES string of the molecule is CCn1nc(C)cc1C(=O)Nc1nc2cc(C(N)=O)cc(OCCCOC)c2n1NCCCNC(=O)c1ccc2ccccc2c1. The van der Waals surface area contributed by atoms with E-state index in [-0.39, 0.29) is 17.4 Å². The molecule has 5 N–H and O–H groups in total. The molecule has 0 aliphatic carbocycles. The number of rotatable bonds is 15. The van der Waals surface area contributed by atoms with E-state index in [9.17, 15) is 14.4 Å². The van der Waals surface area contributed by atoms with Crippen LogP contribution in [0.2, 0.25) is 0 Å². The van der Waals surface area contributed by atoms with Gasteiger partial charge in [-0.25, -0.2) is 9.66 Å². The number of nitrogens with one attached hydrogen (secondary N) is 3. The van der Waals surface area contributed by atoms with Crippen LogP contribution in [0.5, 0.6) is 5.75 Å². The highest BCUT2D eigenvalue weighted by atomic mass is 16.5. The first kappa shape index (κ1) is 32.0. The van der Waals surface area contributed by atoms with Crippen molar-refractivity contribution >= 4 is 45.5 Å². The first-order valence-electron chi connectivity index (χ1n) is 15.1. The predicted octanol–water partition coefficient (Wildman–Crippen LogP) is 3.84. The lowest BCUT2D eigenvalue weighted by Gasteiger charge is -2.16. The van der Waals surface area contributed by atoms with Crippen LogP contribution in [0.1, 0.15) is 56.7 Å². The molecular weight excluding hydrogens is 588 g/mol. The van der Waals surface area contributed by atoms with Crippen LogP contribution in [0.4, 0.5) is 5.95 Å². The van der Waals surface area contributed by atoms with E-state index in [4.69, 9.17) is 15.2 Å². The normalized spacial score (nSPS) is 11.1. The molecular formula is C33H38N8O5. The summed E-state index contributed by atoms with van der Waals surface area (Å²) in [6.45, 7) is 5.83. The Morgan fingerprint density at radius 3 is 2.48 bits per heavy atom. The molecule has 2 aromatic heterocycles. The third kappa shape index (κ3) is 7.26. The van der Waals surface area contributed by atoms with Crippen molar-refractivity contribution in [3.8, 4) is 5.75 Å². The van der Waals surface area contributed by atoms with Gasteiger partial charge in [0.2, 0.25) is 11.9 Å². The van der Waals surface area contributed by atoms with E-state index in [0.717, 1.165) is 10.8 Å². The lowest BCUT2D eigenvalue weighted by atomic mass is 10.1. The van der Waals surface area contributed by atoms with Crippen molar-refractivity contribution in [2.75, 3.05) is 44.2 Å². The maximum Gasteiger partial charge on any atom is 0.276 e. The molecule has 0 bridgehead atoms. The van der Waals surface area contributed by atoms with Crippen molar-refractivity contribution in [3.05, 3.63) is 83.2 Å². The number of imidazole rings is 1. The summed E-state index contributed by atoms with van der Waals surface area (Å²) in [5.41, 5.74) is 11.7. The fourth-order valence-electron chi connectivity index (χ4n) is 5.10. The largest absolute Gasteiger partial charge is 0.491 e. The molecule has 46 heavy (non-hydrogen) atoms. The topological polar surface area (TPSA) is 167 Å². The molecule has 0 aliphatic heterocycles. The number of methoxy groups -OCH3 is 1. The zero-order valence-electron chi connectivity index (χ0n) is 26.1. The predicted molar refractivity (Wildman–Crippen MR) is 176 cm³/mol. The molecule has 0 spiro atoms. The van der Waals surface area contributed by atoms with Crippen LogP contribution < -0.4 is 26.5 Å². The molecule has 13 nitrogen and oxygen atoms in total. The molecule has 3 amide bonds. The van der Waals surface area contributed by atoms with Crippen LogP contribution >= 0.6 is 0 Å². The maximum atomic E-state index is 13.4. The molecule has 13 heteroatoms. The molecule has 3 aromatic carbocycles. The lowest BCUT2D eigenvalue weighted by molar-refractivity contribution is 0.0951. The van der Waals surface area contributed by atoms with E-state index in [1.54, 1.807) is 34.7 Å². The zero-order valence-corrected chi connectivity index (χ0v) is 26.1. The highest BCUT2D eigenvalue weighted by molar-refractivity contribution is 6.04. The molecule has 0 saturated heterocycles. The van der Waals surface area contributed by atoms with E-state index in [2.05, 4.69) is 26.1 Å². The fraction of sp³-hybridized carbons (Fsp3) is 0.303. The summed E-state index contributed by atoms with van der Waals surface area (Å²) in [6.07, 6.45) is 1.17. The van der Waals surface area contributed by atoms with Gasteiger partial charge in [-0.3, -0.25) is 24.4 Å². The number of primary amides is 1. The molecule has 0 saturated carbocycles. The van der Waals surface area contributed by atoms with Gasteiger partial charge in [0.1, 0.15) is 17.0 Å². The summed E-state index contributed by atoms with van der Waals surface area (Å²) in [6, 6.07) is 18.3. The molecule has 5 aromatic rings. The number of hydrogen-bond donors (Lipinski definition) is 4. The molecule has 0 unspecified atom stereocenters. The smallest absolute Gasteiger partial charge is 0.276 e. The Morgan fingerprint density at radius 2 is 1.72 bits per heavy atom. The quantitative estimate of drug-likeness (QED) is 0.127. The van der Waals surface area contributed by atoms with Crippen molar-refractivity contribution in [1.82, 2.24) is 24.8 Å². The van der Waals surface area contributed by atoms with E-state index in [0.29, 0.717) is 79.4 Å². The highest BCUT2D eigenvalue weighted by Crippen LogP contribution is 2.30. The Morgan fingerprint density at radius 1 is 0.913 bits per heavy atom. The summed E-state index contributed by atoms with van der Waals surface area (Å²) in [7, 11) is 1.61. The van der Waals surface area contributed by atoms with Crippen molar-refractivity contribution in [2.45, 2.75) is 33.2 Å². The average Bonchev–Trinajstić information content (AvgIpc) is 3.61. The molecule has 0 atom stereocenters. The van der Waals surface area contributed by atoms with Crippen LogP contribution in [-0.2, 0) is 11.3 Å². The van der Waals surface area contributed by atoms with Gasteiger partial charge in [0.05, 0.1) is 17.8 Å². The molecule has 5 rings (SSSR count). The van der Waals surface area contributed by atoms with Gasteiger partial charge in [-0.15, -0.1) is 0 Å². The average molecular weight is 627 g/mol. The van der Waals surface area contributed by atoms with Crippen LogP contribution in [0, 0.1) is 6.92 Å². The Hall–Kier alpha value is -5.43. The third-order valence-electron chi connectivity index (χ3n) is 7.33. The Bertz CT molecular complexity index is 1880. The Balaban J connectivity index is 1.37. The summed E-state index contributed by atoms with van der Waals surface area (Å²) < 4.78 is 14.4. The fourth-order valence-corrected chi connectivity index (χ4v) is 5.10. The van der Waals surface area contributed by atoms with Gasteiger partial charge in [-0.2, -0.15) is 5.10 Å². The van der Waals surface area contributed by atoms with Gasteiger partial charge in [0.15, 0.2) is 0 Å². The molecule has 2 heterocycles. The van der Waals surface area contributed by atoms with Crippen molar-refractivity contribution in [3.63, 3.8) is 0 Å². The second-order valence-corrected chi connectivity index (χ2v) is 10.7. The molecule has 0 fully saturated rings. The van der Waals surface area contributed by atoms with Crippen molar-refractivity contribution in [2.24, 2.45) is 5.73 Å². The monoisotopic (exact) mass is 626 g/mol. The van der Waals surface area contributed by atoms with Crippen LogP contribution in [0.25, 0.3) is 21.8 Å². The summed E-state index contributed by atoms with van der Waals surface area (Å²) in [4.78, 5) is 43.0. The number of benzene rings is 3. The summed E-state index contributed by atoms with van der Waals surface area (Å²) in [5.74, 6) is -0.658. The Labute approximate surface area is 266 Å². The third-order valence-corrected chi connectivity index (χ3v) is 7.33. The number of aryl methyl sites for hydroxylation is 2. The molecule has 240 valence electrons. The van der Waals surface area contributed by atoms with Gasteiger partial charge in [0, 0.05) is 50.9 Å². The number of fused-ring (bicyclic) bond motifs is 2. The highest BCUT2D eigenvalue weighted by Gasteiger charge is 2.22. The van der Waals surface area contributed by atoms with Gasteiger partial charge in [-0.05, 0) is 61.4 Å². The Kier molecular flexibility index (Phi) is 10.1. The van der Waals surface area contributed by atoms with E-state index in [1.807, 2.05) is 56.3 Å². The number of carbonyl (C=O) groups excluding carboxylic acids is 3. The first-order valence-corrected chi connectivity index (χ1v) is 15.1. The number of hydrogen-bond acceptors (Lipinski definition) is 8. The van der Waals surface area contributed by atoms with Crippen molar-refractivity contribution in [1.29, 1.82) is 0 Å². The zero-order chi connectivity index (χ0) is 32.6. The number of carbonyl (C=O) groups is 3. The summed E-state index contributed by atoms with van der Waals surface area (Å²) in [5, 5.41) is 12.3. The maximum absolute atomic E-state index is 13.4. The standard InChI is InChI=1S/C33H38N8O5/c1-4-40-27(17-21(2)39-40)32(44)38-33-37-26-19-25(30(34)42)20-28(46-16-8-15-45-3)29(26)41(33)36-14-7-13-35-31(43)24-12-11-22-9-5-6-10-23(22)18-24/h5-6,9-12,17-20,36H,4,7-8,13-16H2,1-3H3,(H2,34,42)(H,35,43)(H,37,38,44).